The highest BCUT2D eigenvalue weighted by Crippen LogP contribution is 2.56. The van der Waals surface area contributed by atoms with Crippen molar-refractivity contribution in [1.29, 1.82) is 0 Å². The van der Waals surface area contributed by atoms with Crippen molar-refractivity contribution in [2.24, 2.45) is 5.41 Å². The molecule has 1 amide bonds. The van der Waals surface area contributed by atoms with Crippen LogP contribution in [0.1, 0.15) is 45.6 Å². The second kappa shape index (κ2) is 8.02. The summed E-state index contributed by atoms with van der Waals surface area (Å²) in [5.41, 5.74) is -0.882. The number of carbonyl (C=O) groups excluding carboxylic acids is 1. The third kappa shape index (κ3) is 5.31. The molecule has 1 aromatic rings. The van der Waals surface area contributed by atoms with Crippen LogP contribution in [0.2, 0.25) is 0 Å². The number of amides is 1. The van der Waals surface area contributed by atoms with E-state index < -0.39 is 45.4 Å². The summed E-state index contributed by atoms with van der Waals surface area (Å²) in [6, 6.07) is 1.14. The quantitative estimate of drug-likeness (QED) is 0.610. The second-order valence-corrected chi connectivity index (χ2v) is 11.9. The lowest BCUT2D eigenvalue weighted by Gasteiger charge is -2.31. The molecule has 0 radical (unpaired) electrons. The molecule has 3 rings (SSSR count). The SMILES string of the molecule is CC(C)(C)OC(=O)N1CC2(CC2)[C@H](NS(C)(=O)=O)[C@@H]1CCc1cc(F)cc(Br)c1F. The molecule has 1 aromatic carbocycles. The number of benzene rings is 1. The van der Waals surface area contributed by atoms with Gasteiger partial charge in [0.05, 0.1) is 16.8 Å². The van der Waals surface area contributed by atoms with Gasteiger partial charge in [-0.1, -0.05) is 0 Å². The Bertz CT molecular complexity index is 945. The maximum atomic E-state index is 14.4. The predicted molar refractivity (Wildman–Crippen MR) is 113 cm³/mol. The number of likely N-dealkylation sites (tertiary alicyclic amines) is 1. The predicted octanol–water partition coefficient (Wildman–Crippen LogP) is 3.98. The van der Waals surface area contributed by atoms with E-state index in [9.17, 15) is 22.0 Å². The van der Waals surface area contributed by atoms with Crippen LogP contribution in [0, 0.1) is 17.0 Å². The van der Waals surface area contributed by atoms with E-state index in [0.29, 0.717) is 6.54 Å². The van der Waals surface area contributed by atoms with Crippen LogP contribution in [0.25, 0.3) is 0 Å². The van der Waals surface area contributed by atoms with Crippen molar-refractivity contribution in [2.45, 2.75) is 64.1 Å². The lowest BCUT2D eigenvalue weighted by Crippen LogP contribution is -2.49. The van der Waals surface area contributed by atoms with E-state index in [2.05, 4.69) is 20.7 Å². The number of sulfonamides is 1. The highest BCUT2D eigenvalue weighted by atomic mass is 79.9. The van der Waals surface area contributed by atoms with E-state index in [4.69, 9.17) is 4.74 Å². The third-order valence-electron chi connectivity index (χ3n) is 5.57. The first kappa shape index (κ1) is 23.4. The number of hydrogen-bond donors (Lipinski definition) is 1. The van der Waals surface area contributed by atoms with Crippen molar-refractivity contribution in [1.82, 2.24) is 9.62 Å². The first-order chi connectivity index (χ1) is 13.7. The molecule has 1 heterocycles. The Morgan fingerprint density at radius 2 is 1.97 bits per heavy atom. The number of rotatable bonds is 5. The fourth-order valence-corrected chi connectivity index (χ4v) is 5.49. The number of aryl methyl sites for hydroxylation is 1. The summed E-state index contributed by atoms with van der Waals surface area (Å²) in [5, 5.41) is 0. The summed E-state index contributed by atoms with van der Waals surface area (Å²) >= 11 is 3.01. The molecule has 2 fully saturated rings. The van der Waals surface area contributed by atoms with Crippen LogP contribution in [0.4, 0.5) is 13.6 Å². The molecule has 30 heavy (non-hydrogen) atoms. The van der Waals surface area contributed by atoms with Crippen LogP contribution in [-0.2, 0) is 21.2 Å². The molecule has 10 heteroatoms. The molecule has 6 nitrogen and oxygen atoms in total. The Hall–Kier alpha value is -1.26. The van der Waals surface area contributed by atoms with Gasteiger partial charge < -0.3 is 9.64 Å². The minimum Gasteiger partial charge on any atom is -0.444 e. The molecule has 2 atom stereocenters. The average Bonchev–Trinajstić information content (AvgIpc) is 3.28. The van der Waals surface area contributed by atoms with Crippen molar-refractivity contribution in [2.75, 3.05) is 12.8 Å². The molecule has 0 aromatic heterocycles. The van der Waals surface area contributed by atoms with Crippen molar-refractivity contribution < 1.29 is 26.7 Å². The molecule has 1 spiro atoms. The summed E-state index contributed by atoms with van der Waals surface area (Å²) < 4.78 is 60.5. The molecule has 0 bridgehead atoms. The zero-order valence-electron chi connectivity index (χ0n) is 17.5. The van der Waals surface area contributed by atoms with E-state index in [0.717, 1.165) is 31.2 Å². The highest BCUT2D eigenvalue weighted by molar-refractivity contribution is 9.10. The summed E-state index contributed by atoms with van der Waals surface area (Å²) in [6.07, 6.45) is 2.54. The minimum absolute atomic E-state index is 0.0254. The van der Waals surface area contributed by atoms with E-state index in [1.165, 1.54) is 0 Å². The monoisotopic (exact) mass is 508 g/mol. The Morgan fingerprint density at radius 1 is 1.33 bits per heavy atom. The molecular formula is C20H27BrF2N2O4S. The van der Waals surface area contributed by atoms with Gasteiger partial charge in [0.25, 0.3) is 0 Å². The number of ether oxygens (including phenoxy) is 1. The van der Waals surface area contributed by atoms with Crippen LogP contribution in [0.5, 0.6) is 0 Å². The molecular weight excluding hydrogens is 482 g/mol. The molecule has 0 unspecified atom stereocenters. The van der Waals surface area contributed by atoms with E-state index in [1.807, 2.05) is 0 Å². The summed E-state index contributed by atoms with van der Waals surface area (Å²) in [7, 11) is -3.53. The van der Waals surface area contributed by atoms with Gasteiger partial charge in [0.15, 0.2) is 0 Å². The first-order valence-corrected chi connectivity index (χ1v) is 12.5. The Balaban J connectivity index is 1.89. The smallest absolute Gasteiger partial charge is 0.410 e. The van der Waals surface area contributed by atoms with E-state index in [1.54, 1.807) is 25.7 Å². The van der Waals surface area contributed by atoms with E-state index in [-0.39, 0.29) is 28.3 Å². The maximum absolute atomic E-state index is 14.4. The molecule has 1 aliphatic carbocycles. The topological polar surface area (TPSA) is 75.7 Å². The molecule has 1 aliphatic heterocycles. The van der Waals surface area contributed by atoms with Crippen LogP contribution < -0.4 is 4.72 Å². The van der Waals surface area contributed by atoms with Crippen LogP contribution in [-0.4, -0.2) is 49.9 Å². The Kier molecular flexibility index (Phi) is 6.25. The maximum Gasteiger partial charge on any atom is 0.410 e. The average molecular weight is 509 g/mol. The van der Waals surface area contributed by atoms with Gasteiger partial charge in [-0.3, -0.25) is 0 Å². The van der Waals surface area contributed by atoms with E-state index >= 15 is 0 Å². The van der Waals surface area contributed by atoms with Gasteiger partial charge in [-0.2, -0.15) is 0 Å². The van der Waals surface area contributed by atoms with Crippen LogP contribution in [0.15, 0.2) is 16.6 Å². The second-order valence-electron chi connectivity index (χ2n) is 9.31. The van der Waals surface area contributed by atoms with Crippen molar-refractivity contribution in [3.63, 3.8) is 0 Å². The number of carbonyl (C=O) groups is 1. The number of nitrogens with zero attached hydrogens (tertiary/aromatic N) is 1. The summed E-state index contributed by atoms with van der Waals surface area (Å²) in [4.78, 5) is 14.4. The first-order valence-electron chi connectivity index (χ1n) is 9.81. The lowest BCUT2D eigenvalue weighted by atomic mass is 9.93. The van der Waals surface area contributed by atoms with Crippen molar-refractivity contribution in [3.05, 3.63) is 33.8 Å². The fraction of sp³-hybridized carbons (Fsp3) is 0.650. The number of nitrogens with one attached hydrogen (secondary N) is 1. The van der Waals surface area contributed by atoms with Gasteiger partial charge in [-0.25, -0.2) is 26.7 Å². The van der Waals surface area contributed by atoms with Gasteiger partial charge in [0.1, 0.15) is 17.2 Å². The molecule has 2 aliphatic rings. The normalized spacial score (nSPS) is 23.1. The van der Waals surface area contributed by atoms with Gasteiger partial charge in [-0.05, 0) is 80.1 Å². The Morgan fingerprint density at radius 3 is 2.50 bits per heavy atom. The molecule has 1 N–H and O–H groups in total. The zero-order chi connectivity index (χ0) is 22.5. The van der Waals surface area contributed by atoms with Crippen molar-refractivity contribution in [3.8, 4) is 0 Å². The standard InChI is InChI=1S/C20H27BrF2N2O4S/c1-19(2,3)29-18(26)25-11-20(7-8-20)17(24-30(4,27)28)15(25)6-5-12-9-13(22)10-14(21)16(12)23/h9-10,15,17,24H,5-8,11H2,1-4H3/t15-,17+/m0/s1. The third-order valence-corrected chi connectivity index (χ3v) is 6.83. The minimum atomic E-state index is -3.53. The van der Waals surface area contributed by atoms with Crippen LogP contribution >= 0.6 is 15.9 Å². The highest BCUT2D eigenvalue weighted by Gasteiger charge is 2.61. The summed E-state index contributed by atoms with van der Waals surface area (Å²) in [5.74, 6) is -1.13. The number of halogens is 3. The van der Waals surface area contributed by atoms with Gasteiger partial charge in [0.2, 0.25) is 10.0 Å². The van der Waals surface area contributed by atoms with Crippen molar-refractivity contribution >= 4 is 32.0 Å². The summed E-state index contributed by atoms with van der Waals surface area (Å²) in [6.45, 7) is 5.65. The van der Waals surface area contributed by atoms with Crippen LogP contribution in [0.3, 0.4) is 0 Å². The fourth-order valence-electron chi connectivity index (χ4n) is 4.14. The van der Waals surface area contributed by atoms with Gasteiger partial charge in [-0.15, -0.1) is 0 Å². The van der Waals surface area contributed by atoms with Gasteiger partial charge in [0, 0.05) is 18.0 Å². The largest absolute Gasteiger partial charge is 0.444 e. The molecule has 168 valence electrons. The molecule has 1 saturated carbocycles. The lowest BCUT2D eigenvalue weighted by molar-refractivity contribution is 0.0207. The molecule has 1 saturated heterocycles. The number of hydrogen-bond acceptors (Lipinski definition) is 4. The van der Waals surface area contributed by atoms with Gasteiger partial charge >= 0.3 is 6.09 Å². The zero-order valence-corrected chi connectivity index (χ0v) is 19.9. The Labute approximate surface area is 184 Å².